The summed E-state index contributed by atoms with van der Waals surface area (Å²) in [7, 11) is 0. The van der Waals surface area contributed by atoms with Crippen LogP contribution in [-0.2, 0) is 20.8 Å². The van der Waals surface area contributed by atoms with Gasteiger partial charge in [-0.3, -0.25) is 19.3 Å². The largest absolute Gasteiger partial charge is 0.481 e. The lowest BCUT2D eigenvalue weighted by Gasteiger charge is -2.41. The Balaban J connectivity index is 1.68. The maximum Gasteiger partial charge on any atom is 0.309 e. The van der Waals surface area contributed by atoms with E-state index in [1.807, 2.05) is 35.2 Å². The Morgan fingerprint density at radius 2 is 1.69 bits per heavy atom. The second kappa shape index (κ2) is 7.86. The van der Waals surface area contributed by atoms with E-state index in [2.05, 4.69) is 4.90 Å². The van der Waals surface area contributed by atoms with Crippen molar-refractivity contribution in [3.63, 3.8) is 0 Å². The van der Waals surface area contributed by atoms with E-state index in [0.29, 0.717) is 39.1 Å². The number of carboxylic acid groups (broad SMARTS) is 1. The maximum atomic E-state index is 12.6. The van der Waals surface area contributed by atoms with Crippen molar-refractivity contribution in [1.29, 1.82) is 0 Å². The van der Waals surface area contributed by atoms with Crippen molar-refractivity contribution >= 4 is 17.8 Å². The number of nitrogens with zero attached hydrogens (tertiary/aromatic N) is 3. The quantitative estimate of drug-likeness (QED) is 0.840. The molecule has 0 radical (unpaired) electrons. The molecule has 7 heteroatoms. The van der Waals surface area contributed by atoms with Gasteiger partial charge in [0.15, 0.2) is 0 Å². The fraction of sp³-hybridized carbons (Fsp3) is 0.526. The highest BCUT2D eigenvalue weighted by Crippen LogP contribution is 2.20. The molecule has 2 fully saturated rings. The molecule has 2 aliphatic rings. The Labute approximate surface area is 153 Å². The predicted molar refractivity (Wildman–Crippen MR) is 95.5 cm³/mol. The Morgan fingerprint density at radius 1 is 1.00 bits per heavy atom. The summed E-state index contributed by atoms with van der Waals surface area (Å²) in [5, 5.41) is 9.43. The topological polar surface area (TPSA) is 81.2 Å². The van der Waals surface area contributed by atoms with Gasteiger partial charge in [0.05, 0.1) is 12.3 Å². The van der Waals surface area contributed by atoms with Crippen LogP contribution in [0.2, 0.25) is 0 Å². The first-order valence-corrected chi connectivity index (χ1v) is 8.98. The van der Waals surface area contributed by atoms with Crippen LogP contribution in [0.4, 0.5) is 0 Å². The Kier molecular flexibility index (Phi) is 5.56. The average Bonchev–Trinajstić information content (AvgIpc) is 2.81. The van der Waals surface area contributed by atoms with Gasteiger partial charge in [-0.05, 0) is 5.56 Å². The van der Waals surface area contributed by atoms with Crippen molar-refractivity contribution in [3.8, 4) is 0 Å². The molecule has 2 saturated heterocycles. The lowest BCUT2D eigenvalue weighted by Crippen LogP contribution is -2.57. The van der Waals surface area contributed by atoms with Gasteiger partial charge < -0.3 is 14.9 Å². The third-order valence-electron chi connectivity index (χ3n) is 5.28. The van der Waals surface area contributed by atoms with E-state index in [9.17, 15) is 19.5 Å². The summed E-state index contributed by atoms with van der Waals surface area (Å²) < 4.78 is 0. The third kappa shape index (κ3) is 4.22. The molecule has 1 aromatic rings. The van der Waals surface area contributed by atoms with Crippen LogP contribution < -0.4 is 0 Å². The highest BCUT2D eigenvalue weighted by molar-refractivity contribution is 5.79. The Hall–Kier alpha value is -2.41. The van der Waals surface area contributed by atoms with Crippen molar-refractivity contribution in [1.82, 2.24) is 14.7 Å². The molecule has 0 bridgehead atoms. The predicted octanol–water partition coefficient (Wildman–Crippen LogP) is 0.305. The van der Waals surface area contributed by atoms with Crippen LogP contribution in [0.15, 0.2) is 30.3 Å². The van der Waals surface area contributed by atoms with Crippen LogP contribution in [0.1, 0.15) is 12.5 Å². The molecular formula is C19H25N3O4. The summed E-state index contributed by atoms with van der Waals surface area (Å²) in [6.07, 6.45) is 0.363. The van der Waals surface area contributed by atoms with E-state index >= 15 is 0 Å². The Bertz CT molecular complexity index is 679. The number of rotatable bonds is 3. The second-order valence-corrected chi connectivity index (χ2v) is 7.11. The van der Waals surface area contributed by atoms with Gasteiger partial charge in [0.2, 0.25) is 11.8 Å². The molecule has 0 unspecified atom stereocenters. The first kappa shape index (κ1) is 18.4. The van der Waals surface area contributed by atoms with Gasteiger partial charge in [-0.1, -0.05) is 30.3 Å². The minimum Gasteiger partial charge on any atom is -0.481 e. The zero-order chi connectivity index (χ0) is 18.7. The number of amides is 2. The van der Waals surface area contributed by atoms with Gasteiger partial charge >= 0.3 is 5.97 Å². The number of carbonyl (C=O) groups is 3. The molecule has 7 nitrogen and oxygen atoms in total. The van der Waals surface area contributed by atoms with Crippen molar-refractivity contribution < 1.29 is 19.5 Å². The lowest BCUT2D eigenvalue weighted by molar-refractivity contribution is -0.143. The van der Waals surface area contributed by atoms with Gasteiger partial charge in [0, 0.05) is 52.2 Å². The lowest BCUT2D eigenvalue weighted by atomic mass is 10.1. The highest BCUT2D eigenvalue weighted by atomic mass is 16.4. The molecule has 0 aromatic heterocycles. The van der Waals surface area contributed by atoms with Gasteiger partial charge in [0.25, 0.3) is 0 Å². The third-order valence-corrected chi connectivity index (χ3v) is 5.28. The number of benzene rings is 1. The molecule has 1 aromatic carbocycles. The SMILES string of the molecule is CC(=O)N1C[C@H](C(=O)O)CN2CCN(C(=O)Cc3ccccc3)C[C@@H]2C1. The van der Waals surface area contributed by atoms with Crippen molar-refractivity contribution in [2.75, 3.05) is 39.3 Å². The van der Waals surface area contributed by atoms with E-state index in [4.69, 9.17) is 0 Å². The molecule has 0 saturated carbocycles. The van der Waals surface area contributed by atoms with Crippen molar-refractivity contribution in [2.45, 2.75) is 19.4 Å². The molecule has 2 amide bonds. The zero-order valence-corrected chi connectivity index (χ0v) is 15.0. The number of hydrogen-bond acceptors (Lipinski definition) is 4. The molecule has 0 spiro atoms. The normalized spacial score (nSPS) is 23.9. The minimum atomic E-state index is -0.875. The van der Waals surface area contributed by atoms with Crippen molar-refractivity contribution in [2.24, 2.45) is 5.92 Å². The first-order valence-electron chi connectivity index (χ1n) is 8.98. The van der Waals surface area contributed by atoms with Crippen LogP contribution in [0, 0.1) is 5.92 Å². The number of aliphatic carboxylic acids is 1. The smallest absolute Gasteiger partial charge is 0.309 e. The summed E-state index contributed by atoms with van der Waals surface area (Å²) >= 11 is 0. The first-order chi connectivity index (χ1) is 12.4. The average molecular weight is 359 g/mol. The molecule has 2 heterocycles. The van der Waals surface area contributed by atoms with E-state index in [0.717, 1.165) is 5.56 Å². The van der Waals surface area contributed by atoms with Gasteiger partial charge in [-0.2, -0.15) is 0 Å². The van der Waals surface area contributed by atoms with Crippen LogP contribution in [0.5, 0.6) is 0 Å². The molecule has 140 valence electrons. The number of hydrogen-bond donors (Lipinski definition) is 1. The number of fused-ring (bicyclic) bond motifs is 1. The number of carboxylic acids is 1. The zero-order valence-electron chi connectivity index (χ0n) is 15.0. The van der Waals surface area contributed by atoms with Crippen molar-refractivity contribution in [3.05, 3.63) is 35.9 Å². The van der Waals surface area contributed by atoms with E-state index in [1.54, 1.807) is 4.90 Å². The van der Waals surface area contributed by atoms with E-state index < -0.39 is 11.9 Å². The number of piperazine rings is 1. The summed E-state index contributed by atoms with van der Waals surface area (Å²) in [4.78, 5) is 41.6. The monoisotopic (exact) mass is 359 g/mol. The fourth-order valence-electron chi connectivity index (χ4n) is 3.76. The van der Waals surface area contributed by atoms with E-state index in [-0.39, 0.29) is 24.4 Å². The van der Waals surface area contributed by atoms with Crippen LogP contribution >= 0.6 is 0 Å². The molecular weight excluding hydrogens is 334 g/mol. The van der Waals surface area contributed by atoms with E-state index in [1.165, 1.54) is 6.92 Å². The van der Waals surface area contributed by atoms with Gasteiger partial charge in [0.1, 0.15) is 0 Å². The molecule has 3 rings (SSSR count). The highest BCUT2D eigenvalue weighted by Gasteiger charge is 2.37. The van der Waals surface area contributed by atoms with Gasteiger partial charge in [-0.25, -0.2) is 0 Å². The van der Waals surface area contributed by atoms with Gasteiger partial charge in [-0.15, -0.1) is 0 Å². The summed E-state index contributed by atoms with van der Waals surface area (Å²) in [5.41, 5.74) is 0.983. The molecule has 2 aliphatic heterocycles. The van der Waals surface area contributed by atoms with Crippen LogP contribution in [-0.4, -0.2) is 82.9 Å². The second-order valence-electron chi connectivity index (χ2n) is 7.11. The van der Waals surface area contributed by atoms with Crippen LogP contribution in [0.3, 0.4) is 0 Å². The molecule has 2 atom stereocenters. The number of carbonyl (C=O) groups excluding carboxylic acids is 2. The molecule has 1 N–H and O–H groups in total. The van der Waals surface area contributed by atoms with Crippen LogP contribution in [0.25, 0.3) is 0 Å². The standard InChI is InChI=1S/C19H25N3O4/c1-14(23)22-11-16(19(25)26)10-20-7-8-21(12-17(20)13-22)18(24)9-15-5-3-2-4-6-15/h2-6,16-17H,7-13H2,1H3,(H,25,26)/t16-,17-/m1/s1. The summed E-state index contributed by atoms with van der Waals surface area (Å²) in [6, 6.07) is 9.62. The fourth-order valence-corrected chi connectivity index (χ4v) is 3.76. The Morgan fingerprint density at radius 3 is 2.35 bits per heavy atom. The molecule has 26 heavy (non-hydrogen) atoms. The maximum absolute atomic E-state index is 12.6. The summed E-state index contributed by atoms with van der Waals surface area (Å²) in [5.74, 6) is -1.51. The molecule has 0 aliphatic carbocycles. The summed E-state index contributed by atoms with van der Waals surface area (Å²) in [6.45, 7) is 4.35. The minimum absolute atomic E-state index is 0.0169.